The van der Waals surface area contributed by atoms with Gasteiger partial charge in [-0.15, -0.1) is 0 Å². The van der Waals surface area contributed by atoms with Gasteiger partial charge in [-0.3, -0.25) is 0 Å². The van der Waals surface area contributed by atoms with Gasteiger partial charge in [-0.25, -0.2) is 0 Å². The Morgan fingerprint density at radius 3 is 1.41 bits per heavy atom. The Kier molecular flexibility index (Phi) is 5.62. The van der Waals surface area contributed by atoms with E-state index in [2.05, 4.69) is 0 Å². The molecule has 9 nitrogen and oxygen atoms in total. The van der Waals surface area contributed by atoms with Crippen LogP contribution in [0, 0.1) is 0 Å². The highest BCUT2D eigenvalue weighted by atomic mass is 16.4. The number of fused-ring (bicyclic) bond motifs is 7. The highest BCUT2D eigenvalue weighted by molar-refractivity contribution is 6.31. The highest BCUT2D eigenvalue weighted by Crippen LogP contribution is 2.62. The van der Waals surface area contributed by atoms with Crippen LogP contribution >= 0.6 is 0 Å². The SMILES string of the molecule is Oc1c(O)c(O)c2c(-c3cccc4oc5cc6ccccc6cc5c34)c3c(O)c(O)c(O)c(O)c3c(-c3ccc4ccccc4c3)c2c1O. The Hall–Kier alpha value is -7.00. The van der Waals surface area contributed by atoms with Crippen molar-refractivity contribution in [1.82, 2.24) is 0 Å². The Balaban J connectivity index is 1.58. The molecule has 8 aromatic carbocycles. The zero-order chi connectivity index (χ0) is 33.9. The van der Waals surface area contributed by atoms with E-state index in [4.69, 9.17) is 4.42 Å². The first-order valence-corrected chi connectivity index (χ1v) is 15.2. The zero-order valence-corrected chi connectivity index (χ0v) is 25.2. The van der Waals surface area contributed by atoms with Gasteiger partial charge in [0.1, 0.15) is 11.2 Å². The summed E-state index contributed by atoms with van der Waals surface area (Å²) in [6.07, 6.45) is 0. The molecule has 238 valence electrons. The number of rotatable bonds is 2. The van der Waals surface area contributed by atoms with Crippen LogP contribution in [0.2, 0.25) is 0 Å². The third-order valence-electron chi connectivity index (χ3n) is 9.46. The molecule has 0 aliphatic rings. The van der Waals surface area contributed by atoms with Crippen LogP contribution in [0.5, 0.6) is 46.0 Å². The summed E-state index contributed by atoms with van der Waals surface area (Å²) in [7, 11) is 0. The van der Waals surface area contributed by atoms with E-state index in [1.165, 1.54) is 0 Å². The lowest BCUT2D eigenvalue weighted by atomic mass is 9.82. The van der Waals surface area contributed by atoms with E-state index < -0.39 is 46.0 Å². The van der Waals surface area contributed by atoms with Gasteiger partial charge >= 0.3 is 0 Å². The summed E-state index contributed by atoms with van der Waals surface area (Å²) >= 11 is 0. The molecule has 0 fully saturated rings. The Morgan fingerprint density at radius 2 is 0.837 bits per heavy atom. The first kappa shape index (κ1) is 28.2. The predicted octanol–water partition coefficient (Wildman–Crippen LogP) is 9.18. The van der Waals surface area contributed by atoms with Crippen LogP contribution in [-0.4, -0.2) is 40.9 Å². The van der Waals surface area contributed by atoms with Gasteiger partial charge in [0, 0.05) is 43.4 Å². The molecule has 1 aromatic heterocycles. The maximum absolute atomic E-state index is 11.7. The molecule has 0 saturated carbocycles. The molecule has 0 spiro atoms. The quantitative estimate of drug-likeness (QED) is 0.0516. The molecule has 9 heteroatoms. The fourth-order valence-electron chi connectivity index (χ4n) is 7.24. The summed E-state index contributed by atoms with van der Waals surface area (Å²) in [5, 5.41) is 94.0. The van der Waals surface area contributed by atoms with Crippen molar-refractivity contribution in [3.63, 3.8) is 0 Å². The number of phenols is 8. The van der Waals surface area contributed by atoms with Crippen LogP contribution in [0.25, 0.3) is 87.3 Å². The molecule has 0 bridgehead atoms. The molecule has 0 aliphatic carbocycles. The summed E-state index contributed by atoms with van der Waals surface area (Å²) in [4.78, 5) is 0. The van der Waals surface area contributed by atoms with Gasteiger partial charge in [-0.2, -0.15) is 0 Å². The van der Waals surface area contributed by atoms with Crippen molar-refractivity contribution in [3.8, 4) is 68.2 Å². The molecular formula is C40H24O9. The first-order chi connectivity index (χ1) is 23.7. The Labute approximate surface area is 275 Å². The minimum absolute atomic E-state index is 0.0130. The molecule has 1 heterocycles. The second-order valence-corrected chi connectivity index (χ2v) is 12.1. The summed E-state index contributed by atoms with van der Waals surface area (Å²) in [5.41, 5.74) is 1.55. The lowest BCUT2D eigenvalue weighted by Crippen LogP contribution is -1.95. The number of phenolic OH excluding ortho intramolecular Hbond substituents is 8. The van der Waals surface area contributed by atoms with Gasteiger partial charge < -0.3 is 45.3 Å². The van der Waals surface area contributed by atoms with Crippen molar-refractivity contribution in [1.29, 1.82) is 0 Å². The number of benzene rings is 8. The predicted molar refractivity (Wildman–Crippen MR) is 188 cm³/mol. The second kappa shape index (κ2) is 9.76. The fourth-order valence-corrected chi connectivity index (χ4v) is 7.24. The molecule has 9 rings (SSSR count). The lowest BCUT2D eigenvalue weighted by molar-refractivity contribution is 0.350. The second-order valence-electron chi connectivity index (χ2n) is 12.1. The molecule has 9 aromatic rings. The number of furan rings is 1. The van der Waals surface area contributed by atoms with Gasteiger partial charge in [-0.1, -0.05) is 72.8 Å². The highest BCUT2D eigenvalue weighted by Gasteiger charge is 2.33. The van der Waals surface area contributed by atoms with E-state index in [9.17, 15) is 40.9 Å². The number of hydrogen-bond donors (Lipinski definition) is 8. The topological polar surface area (TPSA) is 175 Å². The van der Waals surface area contributed by atoms with Crippen molar-refractivity contribution in [2.75, 3.05) is 0 Å². The third kappa shape index (κ3) is 3.69. The van der Waals surface area contributed by atoms with Crippen LogP contribution in [0.1, 0.15) is 0 Å². The van der Waals surface area contributed by atoms with Gasteiger partial charge in [-0.05, 0) is 56.9 Å². The van der Waals surface area contributed by atoms with Crippen molar-refractivity contribution >= 4 is 65.0 Å². The van der Waals surface area contributed by atoms with Crippen LogP contribution in [0.4, 0.5) is 0 Å². The minimum atomic E-state index is -1.03. The van der Waals surface area contributed by atoms with E-state index in [1.807, 2.05) is 60.7 Å². The number of hydrogen-bond acceptors (Lipinski definition) is 9. The molecule has 0 atom stereocenters. The maximum atomic E-state index is 11.7. The van der Waals surface area contributed by atoms with E-state index in [1.54, 1.807) is 36.4 Å². The average molecular weight is 649 g/mol. The van der Waals surface area contributed by atoms with Gasteiger partial charge in [0.15, 0.2) is 23.0 Å². The summed E-state index contributed by atoms with van der Waals surface area (Å²) < 4.78 is 6.27. The molecule has 8 N–H and O–H groups in total. The van der Waals surface area contributed by atoms with E-state index in [0.29, 0.717) is 33.1 Å². The number of aromatic hydroxyl groups is 8. The summed E-state index contributed by atoms with van der Waals surface area (Å²) in [6, 6.07) is 29.2. The van der Waals surface area contributed by atoms with Crippen LogP contribution < -0.4 is 0 Å². The van der Waals surface area contributed by atoms with Crippen molar-refractivity contribution in [2.24, 2.45) is 0 Å². The molecule has 0 radical (unpaired) electrons. The summed E-state index contributed by atoms with van der Waals surface area (Å²) in [5.74, 6) is -7.47. The Morgan fingerprint density at radius 1 is 0.347 bits per heavy atom. The summed E-state index contributed by atoms with van der Waals surface area (Å²) in [6.45, 7) is 0. The van der Waals surface area contributed by atoms with E-state index >= 15 is 0 Å². The zero-order valence-electron chi connectivity index (χ0n) is 25.2. The maximum Gasteiger partial charge on any atom is 0.204 e. The van der Waals surface area contributed by atoms with Gasteiger partial charge in [0.2, 0.25) is 23.0 Å². The molecule has 0 unspecified atom stereocenters. The van der Waals surface area contributed by atoms with E-state index in [0.717, 1.165) is 21.5 Å². The molecule has 49 heavy (non-hydrogen) atoms. The van der Waals surface area contributed by atoms with Gasteiger partial charge in [0.05, 0.1) is 0 Å². The smallest absolute Gasteiger partial charge is 0.204 e. The van der Waals surface area contributed by atoms with E-state index in [-0.39, 0.29) is 32.7 Å². The Bertz CT molecular complexity index is 2840. The van der Waals surface area contributed by atoms with Crippen LogP contribution in [-0.2, 0) is 0 Å². The molecule has 0 amide bonds. The largest absolute Gasteiger partial charge is 0.504 e. The van der Waals surface area contributed by atoms with Gasteiger partial charge in [0.25, 0.3) is 0 Å². The third-order valence-corrected chi connectivity index (χ3v) is 9.46. The van der Waals surface area contributed by atoms with Crippen molar-refractivity contribution < 1.29 is 45.3 Å². The van der Waals surface area contributed by atoms with Crippen LogP contribution in [0.3, 0.4) is 0 Å². The molecule has 0 saturated heterocycles. The molecular weight excluding hydrogens is 624 g/mol. The van der Waals surface area contributed by atoms with Crippen LogP contribution in [0.15, 0.2) is 101 Å². The van der Waals surface area contributed by atoms with Crippen molar-refractivity contribution in [3.05, 3.63) is 97.1 Å². The first-order valence-electron chi connectivity index (χ1n) is 15.2. The lowest BCUT2D eigenvalue weighted by Gasteiger charge is -2.23. The monoisotopic (exact) mass is 648 g/mol. The minimum Gasteiger partial charge on any atom is -0.504 e. The van der Waals surface area contributed by atoms with Crippen molar-refractivity contribution in [2.45, 2.75) is 0 Å². The fraction of sp³-hybridized carbons (Fsp3) is 0. The average Bonchev–Trinajstić information content (AvgIpc) is 3.49. The standard InChI is InChI=1S/C40H24O9/c41-33-29-26(21-13-12-17-6-1-2-7-18(17)14-21)30-32(36(44)40(48)38(46)34(30)42)28(31(29)35(43)39(47)37(33)45)22-10-5-11-24-27(22)23-15-19-8-3-4-9-20(19)16-25(23)49-24/h1-16,41-48H. The molecule has 0 aliphatic heterocycles. The normalized spacial score (nSPS) is 11.9.